The highest BCUT2D eigenvalue weighted by Crippen LogP contribution is 2.33. The van der Waals surface area contributed by atoms with Gasteiger partial charge in [-0.2, -0.15) is 4.98 Å². The molecule has 0 aliphatic carbocycles. The summed E-state index contributed by atoms with van der Waals surface area (Å²) in [4.78, 5) is 38.2. The van der Waals surface area contributed by atoms with Gasteiger partial charge in [-0.05, 0) is 49.2 Å². The first-order valence-corrected chi connectivity index (χ1v) is 11.8. The number of carboxylic acids is 1. The van der Waals surface area contributed by atoms with Gasteiger partial charge in [-0.25, -0.2) is 9.78 Å². The number of amides is 1. The molecule has 1 aromatic carbocycles. The van der Waals surface area contributed by atoms with Gasteiger partial charge in [0.2, 0.25) is 17.6 Å². The molecule has 1 atom stereocenters. The summed E-state index contributed by atoms with van der Waals surface area (Å²) in [6.07, 6.45) is 3.71. The largest absolute Gasteiger partial charge is 0.478 e. The number of carboxylic acid groups (broad SMARTS) is 1. The Hall–Kier alpha value is -3.79. The fourth-order valence-electron chi connectivity index (χ4n) is 4.75. The van der Waals surface area contributed by atoms with E-state index < -0.39 is 5.97 Å². The number of carbonyl (C=O) groups is 2. The van der Waals surface area contributed by atoms with E-state index in [-0.39, 0.29) is 17.5 Å². The van der Waals surface area contributed by atoms with Crippen molar-refractivity contribution in [3.63, 3.8) is 0 Å². The van der Waals surface area contributed by atoms with Gasteiger partial charge in [0.1, 0.15) is 5.82 Å². The predicted molar refractivity (Wildman–Crippen MR) is 128 cm³/mol. The van der Waals surface area contributed by atoms with E-state index in [2.05, 4.69) is 19.9 Å². The minimum Gasteiger partial charge on any atom is -0.478 e. The number of anilines is 1. The molecule has 5 rings (SSSR count). The van der Waals surface area contributed by atoms with E-state index in [9.17, 15) is 9.59 Å². The van der Waals surface area contributed by atoms with Crippen molar-refractivity contribution in [2.45, 2.75) is 32.4 Å². The lowest BCUT2D eigenvalue weighted by Gasteiger charge is -2.34. The van der Waals surface area contributed by atoms with Crippen LogP contribution in [0.5, 0.6) is 0 Å². The molecular formula is C25H28N6O4. The smallest absolute Gasteiger partial charge is 0.335 e. The third-order valence-corrected chi connectivity index (χ3v) is 6.73. The van der Waals surface area contributed by atoms with Crippen LogP contribution in [0.1, 0.15) is 47.6 Å². The highest BCUT2D eigenvalue weighted by Gasteiger charge is 2.31. The molecule has 0 saturated carbocycles. The van der Waals surface area contributed by atoms with Gasteiger partial charge in [-0.1, -0.05) is 17.3 Å². The number of piperazine rings is 1. The lowest BCUT2D eigenvalue weighted by Crippen LogP contribution is -2.48. The van der Waals surface area contributed by atoms with Gasteiger partial charge < -0.3 is 19.4 Å². The van der Waals surface area contributed by atoms with Gasteiger partial charge in [-0.15, -0.1) is 0 Å². The zero-order valence-corrected chi connectivity index (χ0v) is 19.6. The summed E-state index contributed by atoms with van der Waals surface area (Å²) in [5.41, 5.74) is 2.17. The summed E-state index contributed by atoms with van der Waals surface area (Å²) < 4.78 is 5.69. The van der Waals surface area contributed by atoms with Gasteiger partial charge in [0.25, 0.3) is 0 Å². The number of pyridine rings is 1. The third-order valence-electron chi connectivity index (χ3n) is 6.73. The Morgan fingerprint density at radius 2 is 1.86 bits per heavy atom. The summed E-state index contributed by atoms with van der Waals surface area (Å²) in [6.45, 7) is 6.04. The maximum absolute atomic E-state index is 11.6. The molecule has 0 radical (unpaired) electrons. The lowest BCUT2D eigenvalue weighted by molar-refractivity contribution is -0.129. The topological polar surface area (TPSA) is 116 Å². The minimum atomic E-state index is -0.924. The number of likely N-dealkylation sites (tertiary alicyclic amines) is 1. The highest BCUT2D eigenvalue weighted by molar-refractivity contribution is 5.87. The number of hydrogen-bond acceptors (Lipinski definition) is 8. The van der Waals surface area contributed by atoms with Crippen LogP contribution in [-0.2, 0) is 11.3 Å². The molecule has 2 fully saturated rings. The summed E-state index contributed by atoms with van der Waals surface area (Å²) in [5, 5.41) is 13.4. The molecule has 1 unspecified atom stereocenters. The fourth-order valence-corrected chi connectivity index (χ4v) is 4.75. The molecule has 3 aromatic rings. The molecule has 1 amide bonds. The second-order valence-corrected chi connectivity index (χ2v) is 8.98. The van der Waals surface area contributed by atoms with E-state index in [1.807, 2.05) is 29.2 Å². The second-order valence-electron chi connectivity index (χ2n) is 8.98. The molecule has 35 heavy (non-hydrogen) atoms. The van der Waals surface area contributed by atoms with Gasteiger partial charge in [-0.3, -0.25) is 9.69 Å². The van der Waals surface area contributed by atoms with E-state index in [1.54, 1.807) is 25.3 Å². The average Bonchev–Trinajstić information content (AvgIpc) is 3.54. The monoisotopic (exact) mass is 476 g/mol. The van der Waals surface area contributed by atoms with E-state index >= 15 is 0 Å². The summed E-state index contributed by atoms with van der Waals surface area (Å²) in [7, 11) is 0. The Bertz CT molecular complexity index is 1200. The van der Waals surface area contributed by atoms with Crippen LogP contribution >= 0.6 is 0 Å². The zero-order chi connectivity index (χ0) is 24.4. The molecule has 2 aliphatic rings. The molecule has 2 aliphatic heterocycles. The van der Waals surface area contributed by atoms with Gasteiger partial charge in [0.05, 0.1) is 11.6 Å². The highest BCUT2D eigenvalue weighted by atomic mass is 16.5. The van der Waals surface area contributed by atoms with Crippen molar-refractivity contribution in [1.82, 2.24) is 24.9 Å². The molecule has 2 aromatic heterocycles. The first-order valence-electron chi connectivity index (χ1n) is 11.8. The van der Waals surface area contributed by atoms with Crippen molar-refractivity contribution in [2.24, 2.45) is 0 Å². The first-order chi connectivity index (χ1) is 17.0. The average molecular weight is 477 g/mol. The molecule has 0 spiro atoms. The summed E-state index contributed by atoms with van der Waals surface area (Å²) >= 11 is 0. The van der Waals surface area contributed by atoms with Crippen LogP contribution < -0.4 is 4.90 Å². The molecule has 2 saturated heterocycles. The van der Waals surface area contributed by atoms with E-state index in [1.165, 1.54) is 0 Å². The van der Waals surface area contributed by atoms with Crippen LogP contribution in [0.15, 0.2) is 47.1 Å². The van der Waals surface area contributed by atoms with Crippen LogP contribution in [0.2, 0.25) is 0 Å². The minimum absolute atomic E-state index is 0.0244. The molecule has 1 N–H and O–H groups in total. The molecule has 0 bridgehead atoms. The molecule has 10 nitrogen and oxygen atoms in total. The van der Waals surface area contributed by atoms with Crippen molar-refractivity contribution in [2.75, 3.05) is 37.6 Å². The molecular weight excluding hydrogens is 448 g/mol. The maximum atomic E-state index is 11.6. The number of carbonyl (C=O) groups excluding carboxylic acids is 1. The fraction of sp³-hybridized carbons (Fsp3) is 0.400. The molecule has 182 valence electrons. The van der Waals surface area contributed by atoms with E-state index in [4.69, 9.17) is 14.6 Å². The number of hydrogen-bond donors (Lipinski definition) is 1. The number of nitrogens with zero attached hydrogens (tertiary/aromatic N) is 6. The van der Waals surface area contributed by atoms with Crippen molar-refractivity contribution in [3.05, 3.63) is 59.6 Å². The summed E-state index contributed by atoms with van der Waals surface area (Å²) in [5.74, 6) is 1.14. The van der Waals surface area contributed by atoms with Crippen molar-refractivity contribution in [1.29, 1.82) is 0 Å². The van der Waals surface area contributed by atoms with Crippen LogP contribution in [0, 0.1) is 0 Å². The number of rotatable bonds is 6. The lowest BCUT2D eigenvalue weighted by atomic mass is 10.1. The van der Waals surface area contributed by atoms with Crippen LogP contribution in [0.25, 0.3) is 11.4 Å². The van der Waals surface area contributed by atoms with Gasteiger partial charge >= 0.3 is 5.97 Å². The van der Waals surface area contributed by atoms with Gasteiger partial charge in [0.15, 0.2) is 0 Å². The second kappa shape index (κ2) is 9.83. The van der Waals surface area contributed by atoms with Crippen LogP contribution in [0.4, 0.5) is 5.82 Å². The number of aromatic carboxylic acids is 1. The van der Waals surface area contributed by atoms with E-state index in [0.717, 1.165) is 49.4 Å². The number of aromatic nitrogens is 3. The van der Waals surface area contributed by atoms with Crippen molar-refractivity contribution < 1.29 is 19.2 Å². The Morgan fingerprint density at radius 3 is 2.57 bits per heavy atom. The Kier molecular flexibility index (Phi) is 6.45. The standard InChI is InChI=1S/C25H28N6O4/c1-17(32)29-11-13-30(14-12-29)22-15-20(8-9-26-22)23-27-24(35-28-23)21-3-2-10-31(21)16-18-4-6-19(7-5-18)25(33)34/h4-9,15,21H,2-3,10-14,16H2,1H3,(H,33,34). The Morgan fingerprint density at radius 1 is 1.09 bits per heavy atom. The SMILES string of the molecule is CC(=O)N1CCN(c2cc(-c3noc(C4CCCN4Cc4ccc(C(=O)O)cc4)n3)ccn2)CC1. The van der Waals surface area contributed by atoms with Crippen molar-refractivity contribution >= 4 is 17.7 Å². The van der Waals surface area contributed by atoms with Crippen LogP contribution in [-0.4, -0.2) is 74.6 Å². The molecule has 4 heterocycles. The quantitative estimate of drug-likeness (QED) is 0.573. The predicted octanol–water partition coefficient (Wildman–Crippen LogP) is 2.84. The summed E-state index contributed by atoms with van der Waals surface area (Å²) in [6, 6.07) is 10.8. The van der Waals surface area contributed by atoms with Crippen LogP contribution in [0.3, 0.4) is 0 Å². The Labute approximate surface area is 203 Å². The third kappa shape index (κ3) is 5.02. The van der Waals surface area contributed by atoms with Gasteiger partial charge in [0, 0.05) is 51.4 Å². The zero-order valence-electron chi connectivity index (χ0n) is 19.6. The first kappa shape index (κ1) is 23.0. The Balaban J connectivity index is 1.27. The molecule has 10 heteroatoms. The normalized spacial score (nSPS) is 18.7. The maximum Gasteiger partial charge on any atom is 0.335 e. The number of benzene rings is 1. The van der Waals surface area contributed by atoms with E-state index in [0.29, 0.717) is 31.3 Å². The van der Waals surface area contributed by atoms with Crippen molar-refractivity contribution in [3.8, 4) is 11.4 Å².